The first-order valence-corrected chi connectivity index (χ1v) is 9.37. The number of nitrogens with zero attached hydrogens (tertiary/aromatic N) is 2. The van der Waals surface area contributed by atoms with Gasteiger partial charge in [0.2, 0.25) is 0 Å². The topological polar surface area (TPSA) is 56.1 Å². The molecular formula is C24H21N3O. The molecule has 1 amide bonds. The van der Waals surface area contributed by atoms with E-state index in [1.165, 1.54) is 11.1 Å². The Morgan fingerprint density at radius 3 is 2.61 bits per heavy atom. The van der Waals surface area contributed by atoms with E-state index in [4.69, 9.17) is 0 Å². The Balaban J connectivity index is 1.59. The maximum absolute atomic E-state index is 12.8. The zero-order valence-electron chi connectivity index (χ0n) is 15.7. The van der Waals surface area contributed by atoms with Crippen molar-refractivity contribution in [2.24, 2.45) is 0 Å². The Morgan fingerprint density at radius 1 is 1.04 bits per heavy atom. The van der Waals surface area contributed by atoms with Gasteiger partial charge in [-0.1, -0.05) is 60.7 Å². The largest absolute Gasteiger partial charge is 0.346 e. The molecular weight excluding hydrogens is 346 g/mol. The monoisotopic (exact) mass is 367 g/mol. The van der Waals surface area contributed by atoms with Crippen molar-refractivity contribution in [3.63, 3.8) is 0 Å². The Labute approximate surface area is 165 Å². The number of hydrogen-bond acceptors (Lipinski definition) is 3. The number of benzene rings is 3. The summed E-state index contributed by atoms with van der Waals surface area (Å²) in [6.45, 7) is 3.25. The van der Waals surface area contributed by atoms with Gasteiger partial charge in [0.05, 0.1) is 19.1 Å². The van der Waals surface area contributed by atoms with Crippen molar-refractivity contribution >= 4 is 5.91 Å². The molecule has 0 bridgehead atoms. The van der Waals surface area contributed by atoms with Gasteiger partial charge in [0.1, 0.15) is 0 Å². The fourth-order valence-electron chi connectivity index (χ4n) is 3.70. The van der Waals surface area contributed by atoms with Gasteiger partial charge in [-0.05, 0) is 46.9 Å². The zero-order chi connectivity index (χ0) is 19.5. The number of hydrogen-bond donors (Lipinski definition) is 1. The first-order chi connectivity index (χ1) is 13.7. The number of fused-ring (bicyclic) bond motifs is 1. The minimum absolute atomic E-state index is 0.0671. The maximum Gasteiger partial charge on any atom is 0.251 e. The second-order valence-corrected chi connectivity index (χ2v) is 7.09. The van der Waals surface area contributed by atoms with Gasteiger partial charge in [0.25, 0.3) is 5.91 Å². The number of rotatable bonds is 4. The highest BCUT2D eigenvalue weighted by Crippen LogP contribution is 2.32. The van der Waals surface area contributed by atoms with Crippen LogP contribution in [0.25, 0.3) is 11.1 Å². The van der Waals surface area contributed by atoms with Crippen LogP contribution in [0.5, 0.6) is 0 Å². The van der Waals surface area contributed by atoms with Gasteiger partial charge >= 0.3 is 0 Å². The molecule has 1 atom stereocenters. The van der Waals surface area contributed by atoms with Crippen molar-refractivity contribution in [3.8, 4) is 17.3 Å². The molecule has 1 heterocycles. The number of carbonyl (C=O) groups excluding carboxylic acids is 1. The third-order valence-corrected chi connectivity index (χ3v) is 5.21. The van der Waals surface area contributed by atoms with E-state index in [-0.39, 0.29) is 11.9 Å². The minimum atomic E-state index is -0.0931. The van der Waals surface area contributed by atoms with Crippen molar-refractivity contribution in [3.05, 3.63) is 95.1 Å². The van der Waals surface area contributed by atoms with E-state index in [0.717, 1.165) is 16.7 Å². The maximum atomic E-state index is 12.8. The molecule has 0 aliphatic carbocycles. The van der Waals surface area contributed by atoms with Crippen LogP contribution in [0.4, 0.5) is 0 Å². The molecule has 0 aromatic heterocycles. The second-order valence-electron chi connectivity index (χ2n) is 7.09. The molecule has 28 heavy (non-hydrogen) atoms. The molecule has 4 nitrogen and oxygen atoms in total. The summed E-state index contributed by atoms with van der Waals surface area (Å²) in [7, 11) is 0. The molecule has 0 radical (unpaired) electrons. The van der Waals surface area contributed by atoms with Crippen LogP contribution < -0.4 is 5.32 Å². The molecule has 0 saturated heterocycles. The summed E-state index contributed by atoms with van der Waals surface area (Å²) in [5, 5.41) is 12.3. The average Bonchev–Trinajstić information content (AvgIpc) is 3.18. The summed E-state index contributed by atoms with van der Waals surface area (Å²) in [5.74, 6) is -0.0931. The third-order valence-electron chi connectivity index (χ3n) is 5.21. The van der Waals surface area contributed by atoms with E-state index < -0.39 is 0 Å². The summed E-state index contributed by atoms with van der Waals surface area (Å²) < 4.78 is 0. The van der Waals surface area contributed by atoms with Crippen molar-refractivity contribution in [2.75, 3.05) is 0 Å². The predicted octanol–water partition coefficient (Wildman–Crippen LogP) is 4.64. The van der Waals surface area contributed by atoms with Gasteiger partial charge in [-0.3, -0.25) is 4.79 Å². The van der Waals surface area contributed by atoms with Crippen LogP contribution in [0, 0.1) is 11.5 Å². The van der Waals surface area contributed by atoms with Gasteiger partial charge in [-0.15, -0.1) is 0 Å². The van der Waals surface area contributed by atoms with Crippen LogP contribution in [-0.4, -0.2) is 10.8 Å². The lowest BCUT2D eigenvalue weighted by Crippen LogP contribution is -2.26. The van der Waals surface area contributed by atoms with Crippen LogP contribution in [0.2, 0.25) is 0 Å². The van der Waals surface area contributed by atoms with Gasteiger partial charge in [-0.25, -0.2) is 0 Å². The van der Waals surface area contributed by atoms with Crippen molar-refractivity contribution in [1.29, 1.82) is 5.26 Å². The van der Waals surface area contributed by atoms with Crippen LogP contribution in [0.15, 0.2) is 72.8 Å². The van der Waals surface area contributed by atoms with E-state index in [1.807, 2.05) is 67.6 Å². The standard InChI is InChI=1S/C24H21N3O/c1-17(18-7-3-2-4-8-18)26-24(28)20-10-5-9-19(13-20)22-12-6-11-21-14-27(16-25)15-23(21)22/h2-13,17H,14-15H2,1H3,(H,26,28)/t17-/m1/s1. The van der Waals surface area contributed by atoms with E-state index in [9.17, 15) is 10.1 Å². The minimum Gasteiger partial charge on any atom is -0.346 e. The van der Waals surface area contributed by atoms with Crippen molar-refractivity contribution < 1.29 is 4.79 Å². The first-order valence-electron chi connectivity index (χ1n) is 9.37. The van der Waals surface area contributed by atoms with Gasteiger partial charge in [0, 0.05) is 5.56 Å². The van der Waals surface area contributed by atoms with E-state index in [2.05, 4.69) is 23.6 Å². The SMILES string of the molecule is C[C@@H](NC(=O)c1cccc(-c2cccc3c2CN(C#N)C3)c1)c1ccccc1. The number of nitriles is 1. The molecule has 3 aromatic carbocycles. The molecule has 0 unspecified atom stereocenters. The van der Waals surface area contributed by atoms with Crippen LogP contribution in [0.3, 0.4) is 0 Å². The lowest BCUT2D eigenvalue weighted by atomic mass is 9.95. The molecule has 1 N–H and O–H groups in total. The highest BCUT2D eigenvalue weighted by atomic mass is 16.1. The average molecular weight is 367 g/mol. The summed E-state index contributed by atoms with van der Waals surface area (Å²) in [6.07, 6.45) is 2.23. The van der Waals surface area contributed by atoms with E-state index >= 15 is 0 Å². The Bertz CT molecular complexity index is 1050. The molecule has 0 saturated carbocycles. The molecule has 1 aliphatic rings. The smallest absolute Gasteiger partial charge is 0.251 e. The lowest BCUT2D eigenvalue weighted by Gasteiger charge is -2.15. The fourth-order valence-corrected chi connectivity index (χ4v) is 3.70. The van der Waals surface area contributed by atoms with Crippen LogP contribution in [0.1, 0.15) is 40.0 Å². The summed E-state index contributed by atoms with van der Waals surface area (Å²) in [6, 6.07) is 23.7. The predicted molar refractivity (Wildman–Crippen MR) is 109 cm³/mol. The number of carbonyl (C=O) groups is 1. The Morgan fingerprint density at radius 2 is 1.82 bits per heavy atom. The highest BCUT2D eigenvalue weighted by Gasteiger charge is 2.21. The van der Waals surface area contributed by atoms with Gasteiger partial charge < -0.3 is 10.2 Å². The molecule has 0 fully saturated rings. The Kier molecular flexibility index (Phi) is 4.82. The number of nitrogens with one attached hydrogen (secondary N) is 1. The van der Waals surface area contributed by atoms with Gasteiger partial charge in [-0.2, -0.15) is 5.26 Å². The molecule has 4 heteroatoms. The quantitative estimate of drug-likeness (QED) is 0.684. The fraction of sp³-hybridized carbons (Fsp3) is 0.167. The third kappa shape index (κ3) is 3.47. The lowest BCUT2D eigenvalue weighted by molar-refractivity contribution is 0.0940. The van der Waals surface area contributed by atoms with E-state index in [1.54, 1.807) is 4.90 Å². The Hall–Kier alpha value is -3.58. The van der Waals surface area contributed by atoms with Crippen LogP contribution >= 0.6 is 0 Å². The van der Waals surface area contributed by atoms with Crippen molar-refractivity contribution in [2.45, 2.75) is 26.1 Å². The summed E-state index contributed by atoms with van der Waals surface area (Å²) in [4.78, 5) is 14.5. The molecule has 0 spiro atoms. The summed E-state index contributed by atoms with van der Waals surface area (Å²) >= 11 is 0. The number of amides is 1. The molecule has 4 rings (SSSR count). The molecule has 1 aliphatic heterocycles. The highest BCUT2D eigenvalue weighted by molar-refractivity contribution is 5.95. The van der Waals surface area contributed by atoms with Crippen LogP contribution in [-0.2, 0) is 13.1 Å². The van der Waals surface area contributed by atoms with Crippen molar-refractivity contribution in [1.82, 2.24) is 10.2 Å². The molecule has 3 aromatic rings. The second kappa shape index (κ2) is 7.58. The normalized spacial score (nSPS) is 13.5. The zero-order valence-corrected chi connectivity index (χ0v) is 15.7. The summed E-state index contributed by atoms with van der Waals surface area (Å²) in [5.41, 5.74) is 6.13. The van der Waals surface area contributed by atoms with E-state index in [0.29, 0.717) is 18.7 Å². The van der Waals surface area contributed by atoms with Gasteiger partial charge in [0.15, 0.2) is 6.19 Å². The molecule has 138 valence electrons. The first kappa shape index (κ1) is 17.8.